The van der Waals surface area contributed by atoms with E-state index in [0.29, 0.717) is 16.1 Å². The van der Waals surface area contributed by atoms with E-state index in [4.69, 9.17) is 4.42 Å². The molecule has 1 aliphatic heterocycles. The van der Waals surface area contributed by atoms with Crippen molar-refractivity contribution >= 4 is 55.3 Å². The fraction of sp³-hybridized carbons (Fsp3) is 0.318. The van der Waals surface area contributed by atoms with Crippen LogP contribution in [0.25, 0.3) is 0 Å². The van der Waals surface area contributed by atoms with Crippen LogP contribution in [0.4, 0.5) is 5.69 Å². The van der Waals surface area contributed by atoms with Crippen LogP contribution in [0.15, 0.2) is 62.1 Å². The highest BCUT2D eigenvalue weighted by molar-refractivity contribution is 9.10. The van der Waals surface area contributed by atoms with E-state index in [9.17, 15) is 14.4 Å². The third-order valence-corrected chi connectivity index (χ3v) is 7.20. The number of carbonyl (C=O) groups is 3. The van der Waals surface area contributed by atoms with Gasteiger partial charge in [0, 0.05) is 10.2 Å². The second-order valence-corrected chi connectivity index (χ2v) is 9.66. The zero-order chi connectivity index (χ0) is 21.0. The molecule has 8 heteroatoms. The summed E-state index contributed by atoms with van der Waals surface area (Å²) in [4.78, 5) is 40.6. The second-order valence-electron chi connectivity index (χ2n) is 7.96. The summed E-state index contributed by atoms with van der Waals surface area (Å²) in [5.41, 5.74) is 0.640. The van der Waals surface area contributed by atoms with Crippen molar-refractivity contribution in [2.45, 2.75) is 18.9 Å². The molecular weight excluding hydrogens is 516 g/mol. The zero-order valence-electron chi connectivity index (χ0n) is 15.8. The average Bonchev–Trinajstić information content (AvgIpc) is 3.47. The quantitative estimate of drug-likeness (QED) is 0.447. The molecule has 5 rings (SSSR count). The molecule has 2 aromatic rings. The molecule has 6 nitrogen and oxygen atoms in total. The Labute approximate surface area is 189 Å². The SMILES string of the molecule is O=C(CC(c1ccc(Br)o1)N1C(=O)C2C3C=CC(C3)C2C1=O)Nc1ccc(Br)cc1. The first-order chi connectivity index (χ1) is 14.4. The summed E-state index contributed by atoms with van der Waals surface area (Å²) in [5.74, 6) is -0.690. The molecule has 2 bridgehead atoms. The van der Waals surface area contributed by atoms with Crippen LogP contribution in [0, 0.1) is 23.7 Å². The van der Waals surface area contributed by atoms with Gasteiger partial charge in [0.2, 0.25) is 17.7 Å². The molecular formula is C22H18Br2N2O4. The van der Waals surface area contributed by atoms with Crippen molar-refractivity contribution in [2.24, 2.45) is 23.7 Å². The Morgan fingerprint density at radius 2 is 1.67 bits per heavy atom. The number of halogens is 2. The van der Waals surface area contributed by atoms with Crippen LogP contribution < -0.4 is 5.32 Å². The molecule has 0 radical (unpaired) electrons. The molecule has 5 atom stereocenters. The summed E-state index contributed by atoms with van der Waals surface area (Å²) in [6.07, 6.45) is 4.90. The van der Waals surface area contributed by atoms with Gasteiger partial charge in [-0.05, 0) is 70.6 Å². The van der Waals surface area contributed by atoms with Crippen LogP contribution in [0.2, 0.25) is 0 Å². The second kappa shape index (κ2) is 7.50. The molecule has 1 saturated heterocycles. The van der Waals surface area contributed by atoms with Crippen LogP contribution in [0.3, 0.4) is 0 Å². The maximum absolute atomic E-state index is 13.3. The molecule has 1 aromatic carbocycles. The van der Waals surface area contributed by atoms with Crippen LogP contribution in [0.5, 0.6) is 0 Å². The number of hydrogen-bond donors (Lipinski definition) is 1. The van der Waals surface area contributed by atoms with Gasteiger partial charge in [0.25, 0.3) is 0 Å². The highest BCUT2D eigenvalue weighted by Crippen LogP contribution is 2.54. The molecule has 3 amide bonds. The number of amides is 3. The van der Waals surface area contributed by atoms with Crippen LogP contribution in [-0.4, -0.2) is 22.6 Å². The Balaban J connectivity index is 1.42. The largest absolute Gasteiger partial charge is 0.452 e. The minimum atomic E-state index is -0.781. The number of nitrogens with zero attached hydrogens (tertiary/aromatic N) is 1. The van der Waals surface area contributed by atoms with Gasteiger partial charge in [-0.3, -0.25) is 19.3 Å². The first kappa shape index (κ1) is 19.8. The molecule has 154 valence electrons. The monoisotopic (exact) mass is 532 g/mol. The summed E-state index contributed by atoms with van der Waals surface area (Å²) in [6, 6.07) is 9.83. The van der Waals surface area contributed by atoms with Gasteiger partial charge in [-0.1, -0.05) is 28.1 Å². The fourth-order valence-corrected chi connectivity index (χ4v) is 5.56. The van der Waals surface area contributed by atoms with Gasteiger partial charge in [-0.2, -0.15) is 0 Å². The van der Waals surface area contributed by atoms with Crippen LogP contribution >= 0.6 is 31.9 Å². The van der Waals surface area contributed by atoms with Crippen molar-refractivity contribution in [3.05, 3.63) is 63.5 Å². The number of furan rings is 1. The van der Waals surface area contributed by atoms with Gasteiger partial charge in [0.1, 0.15) is 11.8 Å². The predicted molar refractivity (Wildman–Crippen MR) is 116 cm³/mol. The van der Waals surface area contributed by atoms with Crippen LogP contribution in [-0.2, 0) is 14.4 Å². The normalized spacial score (nSPS) is 27.6. The summed E-state index contributed by atoms with van der Waals surface area (Å²) in [6.45, 7) is 0. The Kier molecular flexibility index (Phi) is 4.94. The maximum atomic E-state index is 13.3. The highest BCUT2D eigenvalue weighted by atomic mass is 79.9. The van der Waals surface area contributed by atoms with Crippen molar-refractivity contribution < 1.29 is 18.8 Å². The standard InChI is InChI=1S/C22H18Br2N2O4/c23-13-3-5-14(6-4-13)25-18(27)10-15(16-7-8-17(24)30-16)26-21(28)19-11-1-2-12(9-11)20(19)22(26)29/h1-8,11-12,15,19-20H,9-10H2,(H,25,27). The number of nitrogens with one attached hydrogen (secondary N) is 1. The number of hydrogen-bond acceptors (Lipinski definition) is 4. The number of likely N-dealkylation sites (tertiary alicyclic amines) is 1. The minimum absolute atomic E-state index is 0.0737. The topological polar surface area (TPSA) is 79.6 Å². The third kappa shape index (κ3) is 3.26. The average molecular weight is 534 g/mol. The number of imide groups is 1. The molecule has 30 heavy (non-hydrogen) atoms. The van der Waals surface area contributed by atoms with Gasteiger partial charge in [-0.15, -0.1) is 0 Å². The van der Waals surface area contributed by atoms with Crippen molar-refractivity contribution in [3.8, 4) is 0 Å². The van der Waals surface area contributed by atoms with Gasteiger partial charge in [0.05, 0.1) is 18.3 Å². The molecule has 1 aromatic heterocycles. The number of benzene rings is 1. The Hall–Kier alpha value is -2.19. The molecule has 3 aliphatic rings. The fourth-order valence-electron chi connectivity index (χ4n) is 4.98. The van der Waals surface area contributed by atoms with E-state index in [-0.39, 0.29) is 47.8 Å². The van der Waals surface area contributed by atoms with Crippen molar-refractivity contribution in [2.75, 3.05) is 5.32 Å². The Bertz CT molecular complexity index is 1030. The van der Waals surface area contributed by atoms with Crippen molar-refractivity contribution in [1.29, 1.82) is 0 Å². The van der Waals surface area contributed by atoms with Crippen molar-refractivity contribution in [3.63, 3.8) is 0 Å². The van der Waals surface area contributed by atoms with E-state index in [1.165, 1.54) is 4.90 Å². The van der Waals surface area contributed by atoms with E-state index >= 15 is 0 Å². The first-order valence-corrected chi connectivity index (χ1v) is 11.4. The number of anilines is 1. The van der Waals surface area contributed by atoms with E-state index in [0.717, 1.165) is 10.9 Å². The molecule has 2 aliphatic carbocycles. The van der Waals surface area contributed by atoms with Gasteiger partial charge in [0.15, 0.2) is 4.67 Å². The molecule has 0 spiro atoms. The van der Waals surface area contributed by atoms with Gasteiger partial charge in [-0.25, -0.2) is 0 Å². The zero-order valence-corrected chi connectivity index (χ0v) is 18.9. The molecule has 5 unspecified atom stereocenters. The van der Waals surface area contributed by atoms with Gasteiger partial charge < -0.3 is 9.73 Å². The number of rotatable bonds is 5. The Morgan fingerprint density at radius 1 is 1.03 bits per heavy atom. The van der Waals surface area contributed by atoms with E-state index in [1.807, 2.05) is 12.1 Å². The van der Waals surface area contributed by atoms with Crippen molar-refractivity contribution in [1.82, 2.24) is 4.90 Å². The van der Waals surface area contributed by atoms with Gasteiger partial charge >= 0.3 is 0 Å². The predicted octanol–water partition coefficient (Wildman–Crippen LogP) is 4.68. The smallest absolute Gasteiger partial charge is 0.234 e. The lowest BCUT2D eigenvalue weighted by Gasteiger charge is -2.26. The highest BCUT2D eigenvalue weighted by Gasteiger charge is 2.60. The summed E-state index contributed by atoms with van der Waals surface area (Å²) in [5, 5.41) is 2.83. The number of fused-ring (bicyclic) bond motifs is 5. The summed E-state index contributed by atoms with van der Waals surface area (Å²) >= 11 is 6.64. The molecule has 2 heterocycles. The lowest BCUT2D eigenvalue weighted by molar-refractivity contribution is -0.144. The first-order valence-electron chi connectivity index (χ1n) is 9.78. The van der Waals surface area contributed by atoms with E-state index in [1.54, 1.807) is 24.3 Å². The Morgan fingerprint density at radius 3 is 2.23 bits per heavy atom. The van der Waals surface area contributed by atoms with E-state index in [2.05, 4.69) is 49.3 Å². The number of allylic oxidation sites excluding steroid dienone is 2. The summed E-state index contributed by atoms with van der Waals surface area (Å²) < 4.78 is 7.07. The number of carbonyl (C=O) groups excluding carboxylic acids is 3. The molecule has 1 N–H and O–H groups in total. The van der Waals surface area contributed by atoms with E-state index < -0.39 is 6.04 Å². The lowest BCUT2D eigenvalue weighted by Crippen LogP contribution is -2.38. The molecule has 1 saturated carbocycles. The minimum Gasteiger partial charge on any atom is -0.452 e. The lowest BCUT2D eigenvalue weighted by atomic mass is 9.85. The molecule has 2 fully saturated rings. The van der Waals surface area contributed by atoms with Crippen LogP contribution in [0.1, 0.15) is 24.6 Å². The summed E-state index contributed by atoms with van der Waals surface area (Å²) in [7, 11) is 0. The third-order valence-electron chi connectivity index (χ3n) is 6.25. The maximum Gasteiger partial charge on any atom is 0.234 e.